The number of aryl methyl sites for hydroxylation is 1. The first-order valence-corrected chi connectivity index (χ1v) is 6.71. The minimum Gasteiger partial charge on any atom is -0.507 e. The molecule has 0 aliphatic heterocycles. The molecule has 2 aromatic rings. The van der Waals surface area contributed by atoms with Crippen LogP contribution in [0.25, 0.3) is 0 Å². The average Bonchev–Trinajstić information content (AvgIpc) is 2.35. The molecule has 2 rings (SSSR count). The molecule has 0 aromatic heterocycles. The number of rotatable bonds is 3. The van der Waals surface area contributed by atoms with Crippen LogP contribution in [0.4, 0.5) is 5.69 Å². The Bertz CT molecular complexity index is 570. The molecule has 2 nitrogen and oxygen atoms in total. The lowest BCUT2D eigenvalue weighted by Crippen LogP contribution is -2.00. The standard InChI is InChI=1S/C14H13BrClNO/c1-9-3-2-4-10(14(9)18)8-17-13-7-11(15)5-6-12(13)16/h2-7,17-18H,8H2,1H3. The molecule has 0 saturated carbocycles. The smallest absolute Gasteiger partial charge is 0.123 e. The van der Waals surface area contributed by atoms with Crippen molar-refractivity contribution in [1.29, 1.82) is 0 Å². The zero-order valence-electron chi connectivity index (χ0n) is 9.87. The number of anilines is 1. The molecule has 0 unspecified atom stereocenters. The van der Waals surface area contributed by atoms with Crippen LogP contribution < -0.4 is 5.32 Å². The van der Waals surface area contributed by atoms with Crippen LogP contribution in [0.15, 0.2) is 40.9 Å². The molecule has 0 saturated heterocycles. The van der Waals surface area contributed by atoms with Gasteiger partial charge in [0.15, 0.2) is 0 Å². The summed E-state index contributed by atoms with van der Waals surface area (Å²) in [6.07, 6.45) is 0. The number of nitrogens with one attached hydrogen (secondary N) is 1. The summed E-state index contributed by atoms with van der Waals surface area (Å²) < 4.78 is 0.961. The topological polar surface area (TPSA) is 32.3 Å². The van der Waals surface area contributed by atoms with Crippen LogP contribution in [0.3, 0.4) is 0 Å². The Balaban J connectivity index is 2.16. The third kappa shape index (κ3) is 2.98. The fraction of sp³-hybridized carbons (Fsp3) is 0.143. The van der Waals surface area contributed by atoms with E-state index in [-0.39, 0.29) is 0 Å². The van der Waals surface area contributed by atoms with Gasteiger partial charge in [-0.2, -0.15) is 0 Å². The van der Waals surface area contributed by atoms with Crippen molar-refractivity contribution in [1.82, 2.24) is 0 Å². The number of halogens is 2. The van der Waals surface area contributed by atoms with E-state index < -0.39 is 0 Å². The molecule has 0 aliphatic rings. The van der Waals surface area contributed by atoms with Gasteiger partial charge in [-0.15, -0.1) is 0 Å². The van der Waals surface area contributed by atoms with E-state index in [4.69, 9.17) is 11.6 Å². The molecule has 4 heteroatoms. The van der Waals surface area contributed by atoms with Gasteiger partial charge in [-0.25, -0.2) is 0 Å². The molecule has 0 aliphatic carbocycles. The third-order valence-electron chi connectivity index (χ3n) is 2.72. The summed E-state index contributed by atoms with van der Waals surface area (Å²) in [6.45, 7) is 2.41. The zero-order valence-corrected chi connectivity index (χ0v) is 12.2. The van der Waals surface area contributed by atoms with Gasteiger partial charge in [-0.3, -0.25) is 0 Å². The highest BCUT2D eigenvalue weighted by molar-refractivity contribution is 9.10. The van der Waals surface area contributed by atoms with Crippen LogP contribution in [0.5, 0.6) is 5.75 Å². The number of hydrogen-bond donors (Lipinski definition) is 2. The van der Waals surface area contributed by atoms with Crippen LogP contribution in [-0.2, 0) is 6.54 Å². The number of phenols is 1. The van der Waals surface area contributed by atoms with E-state index in [0.29, 0.717) is 17.3 Å². The van der Waals surface area contributed by atoms with Crippen molar-refractivity contribution in [3.63, 3.8) is 0 Å². The highest BCUT2D eigenvalue weighted by Gasteiger charge is 2.05. The van der Waals surface area contributed by atoms with Gasteiger partial charge < -0.3 is 10.4 Å². The van der Waals surface area contributed by atoms with Gasteiger partial charge in [0.1, 0.15) is 5.75 Å². The van der Waals surface area contributed by atoms with E-state index in [0.717, 1.165) is 21.3 Å². The van der Waals surface area contributed by atoms with E-state index in [9.17, 15) is 5.11 Å². The Morgan fingerprint density at radius 2 is 2.06 bits per heavy atom. The van der Waals surface area contributed by atoms with Crippen molar-refractivity contribution in [3.05, 3.63) is 57.0 Å². The summed E-state index contributed by atoms with van der Waals surface area (Å²) in [5.41, 5.74) is 2.56. The van der Waals surface area contributed by atoms with Crippen LogP contribution in [-0.4, -0.2) is 5.11 Å². The zero-order chi connectivity index (χ0) is 13.1. The second-order valence-corrected chi connectivity index (χ2v) is 5.38. The summed E-state index contributed by atoms with van der Waals surface area (Å²) in [7, 11) is 0. The summed E-state index contributed by atoms with van der Waals surface area (Å²) in [6, 6.07) is 11.3. The summed E-state index contributed by atoms with van der Waals surface area (Å²) >= 11 is 9.49. The molecular weight excluding hydrogens is 314 g/mol. The fourth-order valence-corrected chi connectivity index (χ4v) is 2.23. The lowest BCUT2D eigenvalue weighted by atomic mass is 10.1. The molecule has 2 N–H and O–H groups in total. The van der Waals surface area contributed by atoms with Gasteiger partial charge in [-0.05, 0) is 30.7 Å². The van der Waals surface area contributed by atoms with Crippen molar-refractivity contribution in [2.75, 3.05) is 5.32 Å². The van der Waals surface area contributed by atoms with Crippen molar-refractivity contribution in [2.24, 2.45) is 0 Å². The van der Waals surface area contributed by atoms with Crippen molar-refractivity contribution >= 4 is 33.2 Å². The number of phenolic OH excluding ortho intramolecular Hbond substituents is 1. The fourth-order valence-electron chi connectivity index (χ4n) is 1.69. The molecule has 18 heavy (non-hydrogen) atoms. The minimum absolute atomic E-state index is 0.330. The maximum absolute atomic E-state index is 9.92. The summed E-state index contributed by atoms with van der Waals surface area (Å²) in [5.74, 6) is 0.330. The minimum atomic E-state index is 0.330. The molecular formula is C14H13BrClNO. The first kappa shape index (κ1) is 13.2. The van der Waals surface area contributed by atoms with Crippen LogP contribution in [0.2, 0.25) is 5.02 Å². The van der Waals surface area contributed by atoms with E-state index in [2.05, 4.69) is 21.2 Å². The molecule has 0 spiro atoms. The maximum Gasteiger partial charge on any atom is 0.123 e. The lowest BCUT2D eigenvalue weighted by Gasteiger charge is -2.11. The van der Waals surface area contributed by atoms with E-state index in [1.54, 1.807) is 0 Å². The van der Waals surface area contributed by atoms with Crippen molar-refractivity contribution < 1.29 is 5.11 Å². The highest BCUT2D eigenvalue weighted by atomic mass is 79.9. The normalized spacial score (nSPS) is 10.4. The molecule has 2 aromatic carbocycles. The quantitative estimate of drug-likeness (QED) is 0.854. The number of aromatic hydroxyl groups is 1. The second-order valence-electron chi connectivity index (χ2n) is 4.06. The van der Waals surface area contributed by atoms with Crippen molar-refractivity contribution in [2.45, 2.75) is 13.5 Å². The van der Waals surface area contributed by atoms with Gasteiger partial charge in [0.25, 0.3) is 0 Å². The van der Waals surface area contributed by atoms with E-state index >= 15 is 0 Å². The van der Waals surface area contributed by atoms with E-state index in [1.165, 1.54) is 0 Å². The van der Waals surface area contributed by atoms with Crippen molar-refractivity contribution in [3.8, 4) is 5.75 Å². The van der Waals surface area contributed by atoms with Gasteiger partial charge in [0.2, 0.25) is 0 Å². The second kappa shape index (κ2) is 5.63. The van der Waals surface area contributed by atoms with Gasteiger partial charge in [0, 0.05) is 16.6 Å². The first-order chi connectivity index (χ1) is 8.58. The molecule has 0 bridgehead atoms. The van der Waals surface area contributed by atoms with Crippen LogP contribution in [0, 0.1) is 6.92 Å². The first-order valence-electron chi connectivity index (χ1n) is 5.54. The average molecular weight is 327 g/mol. The summed E-state index contributed by atoms with van der Waals surface area (Å²) in [5, 5.41) is 13.8. The molecule has 0 atom stereocenters. The predicted octanol–water partition coefficient (Wildman–Crippen LogP) is 4.73. The Morgan fingerprint density at radius 1 is 1.28 bits per heavy atom. The molecule has 0 radical (unpaired) electrons. The third-order valence-corrected chi connectivity index (χ3v) is 3.54. The Labute approximate surface area is 120 Å². The molecule has 0 fully saturated rings. The Hall–Kier alpha value is -1.19. The molecule has 94 valence electrons. The number of hydrogen-bond acceptors (Lipinski definition) is 2. The Kier molecular flexibility index (Phi) is 4.15. The monoisotopic (exact) mass is 325 g/mol. The number of benzene rings is 2. The highest BCUT2D eigenvalue weighted by Crippen LogP contribution is 2.28. The van der Waals surface area contributed by atoms with E-state index in [1.807, 2.05) is 43.3 Å². The van der Waals surface area contributed by atoms with Gasteiger partial charge in [0.05, 0.1) is 10.7 Å². The Morgan fingerprint density at radius 3 is 2.83 bits per heavy atom. The molecule has 0 amide bonds. The number of para-hydroxylation sites is 1. The maximum atomic E-state index is 9.92. The largest absolute Gasteiger partial charge is 0.507 e. The SMILES string of the molecule is Cc1cccc(CNc2cc(Br)ccc2Cl)c1O. The lowest BCUT2D eigenvalue weighted by molar-refractivity contribution is 0.465. The van der Waals surface area contributed by atoms with Gasteiger partial charge >= 0.3 is 0 Å². The van der Waals surface area contributed by atoms with Crippen LogP contribution in [0.1, 0.15) is 11.1 Å². The molecule has 0 heterocycles. The van der Waals surface area contributed by atoms with Gasteiger partial charge in [-0.1, -0.05) is 45.7 Å². The van der Waals surface area contributed by atoms with Crippen LogP contribution >= 0.6 is 27.5 Å². The summed E-state index contributed by atoms with van der Waals surface area (Å²) in [4.78, 5) is 0. The predicted molar refractivity (Wildman–Crippen MR) is 79.3 cm³/mol.